The van der Waals surface area contributed by atoms with Crippen molar-refractivity contribution in [2.24, 2.45) is 0 Å². The smallest absolute Gasteiger partial charge is 0.236 e. The molecule has 2 aromatic carbocycles. The van der Waals surface area contributed by atoms with Crippen LogP contribution in [-0.2, 0) is 4.79 Å². The van der Waals surface area contributed by atoms with E-state index in [9.17, 15) is 9.18 Å². The first-order chi connectivity index (χ1) is 15.7. The van der Waals surface area contributed by atoms with Gasteiger partial charge in [-0.2, -0.15) is 0 Å². The van der Waals surface area contributed by atoms with E-state index in [1.807, 2.05) is 12.1 Å². The molecule has 32 heavy (non-hydrogen) atoms. The Morgan fingerprint density at radius 3 is 1.94 bits per heavy atom. The number of amides is 1. The van der Waals surface area contributed by atoms with Crippen LogP contribution >= 0.6 is 0 Å². The van der Waals surface area contributed by atoms with E-state index in [0.29, 0.717) is 6.54 Å². The van der Waals surface area contributed by atoms with Gasteiger partial charge in [-0.15, -0.1) is 0 Å². The Balaban J connectivity index is 1.08. The van der Waals surface area contributed by atoms with Gasteiger partial charge in [0, 0.05) is 64.1 Å². The summed E-state index contributed by atoms with van der Waals surface area (Å²) in [5.74, 6) is 0.0769. The minimum Gasteiger partial charge on any atom is -0.369 e. The SMILES string of the molecule is O=C(CN1CCN(c2ccc(-c3ccc(F)cc3)cc2)CC1)N1CCN(C2CCC2)CC1. The van der Waals surface area contributed by atoms with Crippen LogP contribution in [0.15, 0.2) is 48.5 Å². The lowest BCUT2D eigenvalue weighted by atomic mass is 9.91. The molecule has 2 aromatic rings. The summed E-state index contributed by atoms with van der Waals surface area (Å²) in [6, 6.07) is 15.9. The van der Waals surface area contributed by atoms with Crippen molar-refractivity contribution >= 4 is 11.6 Å². The molecule has 0 spiro atoms. The van der Waals surface area contributed by atoms with Crippen molar-refractivity contribution in [3.8, 4) is 11.1 Å². The number of rotatable bonds is 5. The quantitative estimate of drug-likeness (QED) is 0.720. The van der Waals surface area contributed by atoms with Crippen molar-refractivity contribution in [3.63, 3.8) is 0 Å². The zero-order chi connectivity index (χ0) is 21.9. The molecule has 170 valence electrons. The molecule has 0 aromatic heterocycles. The van der Waals surface area contributed by atoms with Crippen molar-refractivity contribution in [1.29, 1.82) is 0 Å². The molecule has 0 bridgehead atoms. The maximum atomic E-state index is 13.1. The normalized spacial score (nSPS) is 20.9. The van der Waals surface area contributed by atoms with Crippen LogP contribution in [0.3, 0.4) is 0 Å². The summed E-state index contributed by atoms with van der Waals surface area (Å²) >= 11 is 0. The second-order valence-electron chi connectivity index (χ2n) is 9.32. The van der Waals surface area contributed by atoms with E-state index in [4.69, 9.17) is 0 Å². The number of anilines is 1. The number of carbonyl (C=O) groups is 1. The predicted octanol–water partition coefficient (Wildman–Crippen LogP) is 3.31. The molecule has 0 atom stereocenters. The highest BCUT2D eigenvalue weighted by atomic mass is 19.1. The van der Waals surface area contributed by atoms with Gasteiger partial charge in [0.1, 0.15) is 5.82 Å². The topological polar surface area (TPSA) is 30.0 Å². The molecular weight excluding hydrogens is 403 g/mol. The van der Waals surface area contributed by atoms with Crippen LogP contribution in [0.4, 0.5) is 10.1 Å². The lowest BCUT2D eigenvalue weighted by Crippen LogP contribution is -2.56. The molecule has 3 fully saturated rings. The van der Waals surface area contributed by atoms with Crippen molar-refractivity contribution in [2.75, 3.05) is 63.8 Å². The Bertz CT molecular complexity index is 896. The van der Waals surface area contributed by atoms with Gasteiger partial charge in [0.05, 0.1) is 6.54 Å². The van der Waals surface area contributed by atoms with Gasteiger partial charge in [0.15, 0.2) is 0 Å². The molecule has 2 aliphatic heterocycles. The van der Waals surface area contributed by atoms with Crippen LogP contribution in [0.5, 0.6) is 0 Å². The largest absolute Gasteiger partial charge is 0.369 e. The van der Waals surface area contributed by atoms with Gasteiger partial charge >= 0.3 is 0 Å². The molecule has 2 saturated heterocycles. The Kier molecular flexibility index (Phi) is 6.42. The molecule has 5 nitrogen and oxygen atoms in total. The molecule has 6 heteroatoms. The summed E-state index contributed by atoms with van der Waals surface area (Å²) in [6.07, 6.45) is 4.05. The minimum atomic E-state index is -0.211. The summed E-state index contributed by atoms with van der Waals surface area (Å²) in [6.45, 7) is 8.07. The van der Waals surface area contributed by atoms with E-state index in [-0.39, 0.29) is 11.7 Å². The number of benzene rings is 2. The summed E-state index contributed by atoms with van der Waals surface area (Å²) < 4.78 is 13.1. The molecule has 2 heterocycles. The first kappa shape index (κ1) is 21.4. The van der Waals surface area contributed by atoms with Crippen LogP contribution in [0, 0.1) is 5.82 Å². The second kappa shape index (κ2) is 9.59. The number of piperazine rings is 2. The van der Waals surface area contributed by atoms with Gasteiger partial charge in [0.25, 0.3) is 0 Å². The van der Waals surface area contributed by atoms with E-state index < -0.39 is 0 Å². The highest BCUT2D eigenvalue weighted by Crippen LogP contribution is 2.26. The average Bonchev–Trinajstić information content (AvgIpc) is 2.80. The number of halogens is 1. The van der Waals surface area contributed by atoms with Crippen molar-refractivity contribution < 1.29 is 9.18 Å². The van der Waals surface area contributed by atoms with Crippen LogP contribution in [0.2, 0.25) is 0 Å². The maximum Gasteiger partial charge on any atom is 0.236 e. The highest BCUT2D eigenvalue weighted by Gasteiger charge is 2.30. The van der Waals surface area contributed by atoms with Crippen LogP contribution in [-0.4, -0.2) is 85.6 Å². The molecule has 5 rings (SSSR count). The van der Waals surface area contributed by atoms with Crippen molar-refractivity contribution in [3.05, 3.63) is 54.3 Å². The van der Waals surface area contributed by atoms with E-state index >= 15 is 0 Å². The first-order valence-electron chi connectivity index (χ1n) is 12.0. The van der Waals surface area contributed by atoms with Crippen LogP contribution in [0.25, 0.3) is 11.1 Å². The zero-order valence-electron chi connectivity index (χ0n) is 18.8. The lowest BCUT2D eigenvalue weighted by Gasteiger charge is -2.43. The van der Waals surface area contributed by atoms with E-state index in [2.05, 4.69) is 43.9 Å². The molecular formula is C26H33FN4O. The standard InChI is InChI=1S/C26H33FN4O/c27-23-8-4-21(5-9-23)22-6-10-25(11-7-22)29-14-12-28(13-15-29)20-26(32)31-18-16-30(17-19-31)24-2-1-3-24/h4-11,24H,1-3,12-20H2. The summed E-state index contributed by atoms with van der Waals surface area (Å²) in [5, 5.41) is 0. The lowest BCUT2D eigenvalue weighted by molar-refractivity contribution is -0.134. The van der Waals surface area contributed by atoms with E-state index in [1.54, 1.807) is 0 Å². The molecule has 3 aliphatic rings. The molecule has 1 aliphatic carbocycles. The van der Waals surface area contributed by atoms with Gasteiger partial charge in [-0.05, 0) is 48.2 Å². The molecule has 0 N–H and O–H groups in total. The van der Waals surface area contributed by atoms with E-state index in [0.717, 1.165) is 69.5 Å². The van der Waals surface area contributed by atoms with Gasteiger partial charge in [0.2, 0.25) is 5.91 Å². The molecule has 0 radical (unpaired) electrons. The third-order valence-electron chi connectivity index (χ3n) is 7.40. The predicted molar refractivity (Wildman–Crippen MR) is 126 cm³/mol. The zero-order valence-corrected chi connectivity index (χ0v) is 18.8. The van der Waals surface area contributed by atoms with Crippen LogP contribution in [0.1, 0.15) is 19.3 Å². The Hall–Kier alpha value is -2.44. The fourth-order valence-corrected chi connectivity index (χ4v) is 5.05. The Morgan fingerprint density at radius 1 is 0.781 bits per heavy atom. The maximum absolute atomic E-state index is 13.1. The number of nitrogens with zero attached hydrogens (tertiary/aromatic N) is 4. The monoisotopic (exact) mass is 436 g/mol. The van der Waals surface area contributed by atoms with Crippen molar-refractivity contribution in [1.82, 2.24) is 14.7 Å². The highest BCUT2D eigenvalue weighted by molar-refractivity contribution is 5.78. The van der Waals surface area contributed by atoms with Crippen molar-refractivity contribution in [2.45, 2.75) is 25.3 Å². The van der Waals surface area contributed by atoms with Gasteiger partial charge < -0.3 is 9.80 Å². The van der Waals surface area contributed by atoms with Gasteiger partial charge in [-0.3, -0.25) is 14.6 Å². The first-order valence-corrected chi connectivity index (χ1v) is 12.0. The molecule has 1 saturated carbocycles. The fraction of sp³-hybridized carbons (Fsp3) is 0.500. The average molecular weight is 437 g/mol. The fourth-order valence-electron chi connectivity index (χ4n) is 5.05. The van der Waals surface area contributed by atoms with Gasteiger partial charge in [-0.1, -0.05) is 30.7 Å². The summed E-state index contributed by atoms with van der Waals surface area (Å²) in [5.41, 5.74) is 3.32. The van der Waals surface area contributed by atoms with E-state index in [1.165, 1.54) is 37.1 Å². The number of carbonyl (C=O) groups excluding carboxylic acids is 1. The van der Waals surface area contributed by atoms with Gasteiger partial charge in [-0.25, -0.2) is 4.39 Å². The molecule has 0 unspecified atom stereocenters. The third-order valence-corrected chi connectivity index (χ3v) is 7.40. The number of hydrogen-bond acceptors (Lipinski definition) is 4. The number of hydrogen-bond donors (Lipinski definition) is 0. The minimum absolute atomic E-state index is 0.211. The Labute approximate surface area is 190 Å². The van der Waals surface area contributed by atoms with Crippen LogP contribution < -0.4 is 4.90 Å². The second-order valence-corrected chi connectivity index (χ2v) is 9.32. The summed E-state index contributed by atoms with van der Waals surface area (Å²) in [7, 11) is 0. The summed E-state index contributed by atoms with van der Waals surface area (Å²) in [4.78, 5) is 22.1. The third kappa shape index (κ3) is 4.81. The molecule has 1 amide bonds. The Morgan fingerprint density at radius 2 is 1.38 bits per heavy atom.